The highest BCUT2D eigenvalue weighted by Crippen LogP contribution is 2.35. The van der Waals surface area contributed by atoms with Gasteiger partial charge in [-0.15, -0.1) is 13.2 Å². The first-order valence-corrected chi connectivity index (χ1v) is 12.3. The molecule has 0 aliphatic carbocycles. The summed E-state index contributed by atoms with van der Waals surface area (Å²) in [6, 6.07) is 10.8. The summed E-state index contributed by atoms with van der Waals surface area (Å²) in [5.41, 5.74) is -0.464. The second kappa shape index (κ2) is 12.2. The van der Waals surface area contributed by atoms with Crippen LogP contribution in [0.5, 0.6) is 11.5 Å². The first-order chi connectivity index (χ1) is 17.9. The molecule has 0 bridgehead atoms. The van der Waals surface area contributed by atoms with E-state index in [2.05, 4.69) is 11.3 Å². The minimum atomic E-state index is -4.92. The molecule has 0 atom stereocenters. The number of hydrogen-bond acceptors (Lipinski definition) is 6. The zero-order valence-corrected chi connectivity index (χ0v) is 21.7. The van der Waals surface area contributed by atoms with E-state index in [-0.39, 0.29) is 29.9 Å². The summed E-state index contributed by atoms with van der Waals surface area (Å²) in [5.74, 6) is -0.567. The van der Waals surface area contributed by atoms with E-state index < -0.39 is 29.1 Å². The Bertz CT molecular complexity index is 1340. The number of halogens is 3. The fourth-order valence-electron chi connectivity index (χ4n) is 3.75. The molecule has 9 heteroatoms. The standard InChI is InChI=1S/C29H31F3O6/c1-5-7-8-9-19-10-13-22(25(14-19)38-29(30,31)32)23-15-20-11-12-21(16-24(20)37-27(23)34)35-17-28(3,4)18-36-26(33)6-2/h6,10-16H,2,5,7-9,17-18H2,1,3-4H3. The molecule has 0 amide bonds. The highest BCUT2D eigenvalue weighted by Gasteiger charge is 2.33. The summed E-state index contributed by atoms with van der Waals surface area (Å²) in [7, 11) is 0. The van der Waals surface area contributed by atoms with Gasteiger partial charge in [-0.05, 0) is 42.7 Å². The lowest BCUT2D eigenvalue weighted by Gasteiger charge is -2.24. The van der Waals surface area contributed by atoms with E-state index in [1.54, 1.807) is 18.2 Å². The van der Waals surface area contributed by atoms with Crippen LogP contribution in [0.1, 0.15) is 45.6 Å². The van der Waals surface area contributed by atoms with E-state index in [4.69, 9.17) is 13.9 Å². The largest absolute Gasteiger partial charge is 0.573 e. The normalized spacial score (nSPS) is 11.8. The summed E-state index contributed by atoms with van der Waals surface area (Å²) in [6.07, 6.45) is -0.463. The van der Waals surface area contributed by atoms with Crippen molar-refractivity contribution in [1.82, 2.24) is 0 Å². The van der Waals surface area contributed by atoms with Crippen LogP contribution in [0.3, 0.4) is 0 Å². The molecule has 0 unspecified atom stereocenters. The molecule has 6 nitrogen and oxygen atoms in total. The Hall–Kier alpha value is -3.75. The summed E-state index contributed by atoms with van der Waals surface area (Å²) in [6.45, 7) is 9.42. The van der Waals surface area contributed by atoms with Crippen LogP contribution in [0.2, 0.25) is 0 Å². The number of carbonyl (C=O) groups excluding carboxylic acids is 1. The second-order valence-electron chi connectivity index (χ2n) is 9.75. The molecule has 0 radical (unpaired) electrons. The van der Waals surface area contributed by atoms with Gasteiger partial charge in [-0.25, -0.2) is 9.59 Å². The van der Waals surface area contributed by atoms with Crippen molar-refractivity contribution in [1.29, 1.82) is 0 Å². The Balaban J connectivity index is 1.87. The molecule has 0 fully saturated rings. The lowest BCUT2D eigenvalue weighted by molar-refractivity contribution is -0.274. The minimum Gasteiger partial charge on any atom is -0.493 e. The number of aryl methyl sites for hydroxylation is 1. The third kappa shape index (κ3) is 8.13. The zero-order valence-electron chi connectivity index (χ0n) is 21.7. The van der Waals surface area contributed by atoms with Crippen molar-refractivity contribution in [3.05, 3.63) is 71.1 Å². The molecule has 3 aromatic rings. The molecule has 2 aromatic carbocycles. The third-order valence-corrected chi connectivity index (χ3v) is 5.74. The molecule has 0 aliphatic heterocycles. The number of ether oxygens (including phenoxy) is 3. The highest BCUT2D eigenvalue weighted by molar-refractivity contribution is 5.84. The van der Waals surface area contributed by atoms with Gasteiger partial charge in [0, 0.05) is 28.5 Å². The summed E-state index contributed by atoms with van der Waals surface area (Å²) >= 11 is 0. The van der Waals surface area contributed by atoms with Crippen LogP contribution in [0.4, 0.5) is 13.2 Å². The van der Waals surface area contributed by atoms with Gasteiger partial charge >= 0.3 is 18.0 Å². The number of fused-ring (bicyclic) bond motifs is 1. The van der Waals surface area contributed by atoms with Crippen LogP contribution < -0.4 is 15.1 Å². The van der Waals surface area contributed by atoms with Crippen molar-refractivity contribution >= 4 is 16.9 Å². The fourth-order valence-corrected chi connectivity index (χ4v) is 3.75. The Morgan fingerprint density at radius 1 is 1.03 bits per heavy atom. The molecule has 38 heavy (non-hydrogen) atoms. The summed E-state index contributed by atoms with van der Waals surface area (Å²) in [4.78, 5) is 24.2. The van der Waals surface area contributed by atoms with Gasteiger partial charge in [0.15, 0.2) is 0 Å². The number of carbonyl (C=O) groups is 1. The molecular formula is C29H31F3O6. The monoisotopic (exact) mass is 532 g/mol. The maximum absolute atomic E-state index is 13.2. The predicted molar refractivity (Wildman–Crippen MR) is 138 cm³/mol. The average Bonchev–Trinajstić information content (AvgIpc) is 2.85. The van der Waals surface area contributed by atoms with Crippen LogP contribution in [-0.4, -0.2) is 25.5 Å². The zero-order chi connectivity index (χ0) is 27.9. The van der Waals surface area contributed by atoms with E-state index in [1.165, 1.54) is 24.3 Å². The van der Waals surface area contributed by atoms with E-state index in [0.29, 0.717) is 23.1 Å². The number of rotatable bonds is 12. The highest BCUT2D eigenvalue weighted by atomic mass is 19.4. The van der Waals surface area contributed by atoms with Gasteiger partial charge in [0.1, 0.15) is 17.1 Å². The molecule has 0 saturated heterocycles. The Labute approximate surface area is 219 Å². The van der Waals surface area contributed by atoms with Gasteiger partial charge in [0.2, 0.25) is 0 Å². The van der Waals surface area contributed by atoms with Crippen LogP contribution >= 0.6 is 0 Å². The van der Waals surface area contributed by atoms with Crippen LogP contribution in [0.15, 0.2) is 64.3 Å². The van der Waals surface area contributed by atoms with Crippen molar-refractivity contribution in [3.63, 3.8) is 0 Å². The van der Waals surface area contributed by atoms with Crippen molar-refractivity contribution in [3.8, 4) is 22.6 Å². The molecule has 204 valence electrons. The predicted octanol–water partition coefficient (Wildman–Crippen LogP) is 7.23. The maximum Gasteiger partial charge on any atom is 0.573 e. The SMILES string of the molecule is C=CC(=O)OCC(C)(C)COc1ccc2cc(-c3ccc(CCCCC)cc3OC(F)(F)F)c(=O)oc2c1. The van der Waals surface area contributed by atoms with Crippen molar-refractivity contribution in [2.45, 2.75) is 52.8 Å². The molecule has 0 spiro atoms. The molecule has 0 saturated carbocycles. The maximum atomic E-state index is 13.2. The quantitative estimate of drug-likeness (QED) is 0.106. The van der Waals surface area contributed by atoms with E-state index in [1.807, 2.05) is 20.8 Å². The van der Waals surface area contributed by atoms with Crippen molar-refractivity contribution < 1.29 is 36.6 Å². The topological polar surface area (TPSA) is 75.0 Å². The van der Waals surface area contributed by atoms with Gasteiger partial charge in [0.05, 0.1) is 18.8 Å². The van der Waals surface area contributed by atoms with Gasteiger partial charge in [0.25, 0.3) is 0 Å². The van der Waals surface area contributed by atoms with Gasteiger partial charge < -0.3 is 18.6 Å². The first-order valence-electron chi connectivity index (χ1n) is 12.3. The number of benzene rings is 2. The Morgan fingerprint density at radius 2 is 1.79 bits per heavy atom. The van der Waals surface area contributed by atoms with Crippen LogP contribution in [0.25, 0.3) is 22.1 Å². The molecular weight excluding hydrogens is 501 g/mol. The van der Waals surface area contributed by atoms with Gasteiger partial charge in [-0.1, -0.05) is 52.3 Å². The lowest BCUT2D eigenvalue weighted by atomic mass is 9.96. The van der Waals surface area contributed by atoms with Crippen LogP contribution in [-0.2, 0) is 16.0 Å². The van der Waals surface area contributed by atoms with E-state index in [9.17, 15) is 22.8 Å². The second-order valence-corrected chi connectivity index (χ2v) is 9.75. The Kier molecular flexibility index (Phi) is 9.25. The average molecular weight is 533 g/mol. The molecule has 0 N–H and O–H groups in total. The smallest absolute Gasteiger partial charge is 0.493 e. The van der Waals surface area contributed by atoms with Crippen molar-refractivity contribution in [2.24, 2.45) is 5.41 Å². The third-order valence-electron chi connectivity index (χ3n) is 5.74. The van der Waals surface area contributed by atoms with Gasteiger partial charge in [-0.3, -0.25) is 0 Å². The van der Waals surface area contributed by atoms with Crippen molar-refractivity contribution in [2.75, 3.05) is 13.2 Å². The molecule has 1 heterocycles. The summed E-state index contributed by atoms with van der Waals surface area (Å²) < 4.78 is 60.1. The molecule has 1 aromatic heterocycles. The fraction of sp³-hybridized carbons (Fsp3) is 0.379. The summed E-state index contributed by atoms with van der Waals surface area (Å²) in [5, 5.41) is 0.496. The lowest BCUT2D eigenvalue weighted by Crippen LogP contribution is -2.28. The number of esters is 1. The number of hydrogen-bond donors (Lipinski definition) is 0. The van der Waals surface area contributed by atoms with Gasteiger partial charge in [-0.2, -0.15) is 0 Å². The minimum absolute atomic E-state index is 0.00614. The van der Waals surface area contributed by atoms with E-state index in [0.717, 1.165) is 25.3 Å². The number of alkyl halides is 3. The number of unbranched alkanes of at least 4 members (excludes halogenated alkanes) is 2. The molecule has 0 aliphatic rings. The van der Waals surface area contributed by atoms with E-state index >= 15 is 0 Å². The Morgan fingerprint density at radius 3 is 2.47 bits per heavy atom. The van der Waals surface area contributed by atoms with Crippen LogP contribution in [0, 0.1) is 5.41 Å². The first kappa shape index (κ1) is 28.8. The molecule has 3 rings (SSSR count).